The average Bonchev–Trinajstić information content (AvgIpc) is 3.07. The first-order chi connectivity index (χ1) is 13.0. The van der Waals surface area contributed by atoms with Crippen LogP contribution in [0.2, 0.25) is 0 Å². The maximum atomic E-state index is 13.0. The first kappa shape index (κ1) is 19.4. The van der Waals surface area contributed by atoms with E-state index in [0.717, 1.165) is 37.2 Å². The summed E-state index contributed by atoms with van der Waals surface area (Å²) in [5.74, 6) is 0.721. The normalized spacial score (nSPS) is 20.4. The van der Waals surface area contributed by atoms with Gasteiger partial charge in [-0.05, 0) is 50.4 Å². The summed E-state index contributed by atoms with van der Waals surface area (Å²) in [6.45, 7) is 4.74. The Labute approximate surface area is 161 Å². The first-order valence-electron chi connectivity index (χ1n) is 9.55. The van der Waals surface area contributed by atoms with Crippen LogP contribution in [0.3, 0.4) is 0 Å². The minimum Gasteiger partial charge on any atom is -0.497 e. The van der Waals surface area contributed by atoms with E-state index in [-0.39, 0.29) is 5.97 Å². The summed E-state index contributed by atoms with van der Waals surface area (Å²) in [6.07, 6.45) is 6.40. The zero-order chi connectivity index (χ0) is 19.3. The maximum absolute atomic E-state index is 13.0. The standard InChI is InChI=1S/C21H29N3O3/c1-4-27-20(25)21(12-17-7-5-8-19(11-17)26-3)9-6-10-24(16-21)15-18-13-22-23(2)14-18/h5,7-8,11,13-14H,4,6,9-10,12,15-16H2,1-3H3/t21-/m1/s1. The number of aromatic nitrogens is 2. The van der Waals surface area contributed by atoms with Gasteiger partial charge in [0.05, 0.1) is 25.3 Å². The summed E-state index contributed by atoms with van der Waals surface area (Å²) in [6, 6.07) is 7.98. The van der Waals surface area contributed by atoms with E-state index in [9.17, 15) is 4.79 Å². The number of rotatable bonds is 7. The van der Waals surface area contributed by atoms with E-state index in [4.69, 9.17) is 9.47 Å². The number of carbonyl (C=O) groups excluding carboxylic acids is 1. The van der Waals surface area contributed by atoms with Gasteiger partial charge in [-0.15, -0.1) is 0 Å². The lowest BCUT2D eigenvalue weighted by molar-refractivity contribution is -0.159. The minimum absolute atomic E-state index is 0.0938. The Balaban J connectivity index is 1.81. The number of aryl methyl sites for hydroxylation is 1. The smallest absolute Gasteiger partial charge is 0.313 e. The fraction of sp³-hybridized carbons (Fsp3) is 0.524. The quantitative estimate of drug-likeness (QED) is 0.701. The van der Waals surface area contributed by atoms with E-state index in [0.29, 0.717) is 19.6 Å². The van der Waals surface area contributed by atoms with E-state index in [1.54, 1.807) is 7.11 Å². The summed E-state index contributed by atoms with van der Waals surface area (Å²) < 4.78 is 12.7. The van der Waals surface area contributed by atoms with Crippen LogP contribution in [0.5, 0.6) is 5.75 Å². The van der Waals surface area contributed by atoms with Crippen LogP contribution in [0.25, 0.3) is 0 Å². The predicted molar refractivity (Wildman–Crippen MR) is 103 cm³/mol. The molecule has 0 radical (unpaired) electrons. The molecule has 6 nitrogen and oxygen atoms in total. The number of nitrogens with zero attached hydrogens (tertiary/aromatic N) is 3. The SMILES string of the molecule is CCOC(=O)[C@@]1(Cc2cccc(OC)c2)CCCN(Cc2cnn(C)c2)C1. The van der Waals surface area contributed by atoms with Gasteiger partial charge in [-0.2, -0.15) is 5.10 Å². The van der Waals surface area contributed by atoms with Gasteiger partial charge < -0.3 is 9.47 Å². The van der Waals surface area contributed by atoms with Gasteiger partial charge in [-0.1, -0.05) is 12.1 Å². The van der Waals surface area contributed by atoms with Crippen molar-refractivity contribution in [1.29, 1.82) is 0 Å². The van der Waals surface area contributed by atoms with Crippen molar-refractivity contribution in [2.24, 2.45) is 12.5 Å². The number of carbonyl (C=O) groups is 1. The van der Waals surface area contributed by atoms with Crippen molar-refractivity contribution in [2.45, 2.75) is 32.7 Å². The molecule has 0 saturated carbocycles. The van der Waals surface area contributed by atoms with Crippen LogP contribution in [-0.4, -0.2) is 47.5 Å². The molecule has 2 heterocycles. The predicted octanol–water partition coefficient (Wildman–Crippen LogP) is 2.82. The lowest BCUT2D eigenvalue weighted by Crippen LogP contribution is -2.49. The monoisotopic (exact) mass is 371 g/mol. The summed E-state index contributed by atoms with van der Waals surface area (Å²) in [5.41, 5.74) is 1.74. The van der Waals surface area contributed by atoms with Crippen molar-refractivity contribution < 1.29 is 14.3 Å². The molecule has 1 fully saturated rings. The van der Waals surface area contributed by atoms with Crippen molar-refractivity contribution in [3.63, 3.8) is 0 Å². The second-order valence-electron chi connectivity index (χ2n) is 7.37. The van der Waals surface area contributed by atoms with Crippen LogP contribution in [0, 0.1) is 5.41 Å². The van der Waals surface area contributed by atoms with E-state index in [1.807, 2.05) is 49.2 Å². The number of ether oxygens (including phenoxy) is 2. The third-order valence-corrected chi connectivity index (χ3v) is 5.21. The van der Waals surface area contributed by atoms with E-state index in [2.05, 4.69) is 16.1 Å². The molecule has 1 atom stereocenters. The van der Waals surface area contributed by atoms with Crippen molar-refractivity contribution in [1.82, 2.24) is 14.7 Å². The third kappa shape index (κ3) is 4.69. The number of hydrogen-bond donors (Lipinski definition) is 0. The highest BCUT2D eigenvalue weighted by Gasteiger charge is 2.43. The Hall–Kier alpha value is -2.34. The fourth-order valence-electron chi connectivity index (χ4n) is 4.01. The van der Waals surface area contributed by atoms with Gasteiger partial charge in [0.1, 0.15) is 5.75 Å². The molecule has 1 aliphatic heterocycles. The molecule has 1 aliphatic rings. The molecule has 146 valence electrons. The van der Waals surface area contributed by atoms with E-state index >= 15 is 0 Å². The summed E-state index contributed by atoms with van der Waals surface area (Å²) in [7, 11) is 3.59. The van der Waals surface area contributed by atoms with Gasteiger partial charge >= 0.3 is 5.97 Å². The number of likely N-dealkylation sites (tertiary alicyclic amines) is 1. The van der Waals surface area contributed by atoms with Crippen LogP contribution < -0.4 is 4.74 Å². The second kappa shape index (κ2) is 8.57. The van der Waals surface area contributed by atoms with Gasteiger partial charge in [0.2, 0.25) is 0 Å². The molecule has 27 heavy (non-hydrogen) atoms. The number of piperidine rings is 1. The Bertz CT molecular complexity index is 774. The zero-order valence-electron chi connectivity index (χ0n) is 16.5. The van der Waals surface area contributed by atoms with Gasteiger partial charge in [0.15, 0.2) is 0 Å². The van der Waals surface area contributed by atoms with Gasteiger partial charge in [-0.25, -0.2) is 0 Å². The number of benzene rings is 1. The van der Waals surface area contributed by atoms with Crippen LogP contribution in [-0.2, 0) is 29.5 Å². The van der Waals surface area contributed by atoms with Crippen LogP contribution in [0.1, 0.15) is 30.9 Å². The number of methoxy groups -OCH3 is 1. The maximum Gasteiger partial charge on any atom is 0.313 e. The Morgan fingerprint density at radius 2 is 2.19 bits per heavy atom. The molecule has 0 amide bonds. The van der Waals surface area contributed by atoms with Crippen molar-refractivity contribution in [3.05, 3.63) is 47.8 Å². The lowest BCUT2D eigenvalue weighted by Gasteiger charge is -2.41. The van der Waals surface area contributed by atoms with Crippen molar-refractivity contribution in [2.75, 3.05) is 26.8 Å². The lowest BCUT2D eigenvalue weighted by atomic mass is 9.75. The molecular weight excluding hydrogens is 342 g/mol. The molecule has 0 spiro atoms. The molecule has 0 N–H and O–H groups in total. The molecular formula is C21H29N3O3. The highest BCUT2D eigenvalue weighted by Crippen LogP contribution is 2.36. The minimum atomic E-state index is -0.525. The van der Waals surface area contributed by atoms with E-state index < -0.39 is 5.41 Å². The molecule has 1 saturated heterocycles. The highest BCUT2D eigenvalue weighted by molar-refractivity contribution is 5.78. The molecule has 3 rings (SSSR count). The summed E-state index contributed by atoms with van der Waals surface area (Å²) >= 11 is 0. The average molecular weight is 371 g/mol. The third-order valence-electron chi connectivity index (χ3n) is 5.21. The van der Waals surface area contributed by atoms with Crippen molar-refractivity contribution in [3.8, 4) is 5.75 Å². The topological polar surface area (TPSA) is 56.6 Å². The number of esters is 1. The molecule has 0 bridgehead atoms. The summed E-state index contributed by atoms with van der Waals surface area (Å²) in [5, 5.41) is 4.25. The molecule has 1 aromatic heterocycles. The number of hydrogen-bond acceptors (Lipinski definition) is 5. The van der Waals surface area contributed by atoms with E-state index in [1.165, 1.54) is 5.56 Å². The molecule has 0 unspecified atom stereocenters. The van der Waals surface area contributed by atoms with Gasteiger partial charge in [0.25, 0.3) is 0 Å². The van der Waals surface area contributed by atoms with Gasteiger partial charge in [-0.3, -0.25) is 14.4 Å². The second-order valence-corrected chi connectivity index (χ2v) is 7.37. The van der Waals surface area contributed by atoms with Gasteiger partial charge in [0, 0.05) is 31.9 Å². The fourth-order valence-corrected chi connectivity index (χ4v) is 4.01. The zero-order valence-corrected chi connectivity index (χ0v) is 16.5. The first-order valence-corrected chi connectivity index (χ1v) is 9.55. The summed E-state index contributed by atoms with van der Waals surface area (Å²) in [4.78, 5) is 15.3. The Morgan fingerprint density at radius 1 is 1.33 bits per heavy atom. The Kier molecular flexibility index (Phi) is 6.16. The molecule has 0 aliphatic carbocycles. The van der Waals surface area contributed by atoms with Crippen LogP contribution in [0.4, 0.5) is 0 Å². The van der Waals surface area contributed by atoms with Crippen LogP contribution >= 0.6 is 0 Å². The molecule has 2 aromatic rings. The Morgan fingerprint density at radius 3 is 2.89 bits per heavy atom. The highest BCUT2D eigenvalue weighted by atomic mass is 16.5. The molecule has 6 heteroatoms. The largest absolute Gasteiger partial charge is 0.497 e. The van der Waals surface area contributed by atoms with Crippen molar-refractivity contribution >= 4 is 5.97 Å². The molecule has 1 aromatic carbocycles. The van der Waals surface area contributed by atoms with Crippen LogP contribution in [0.15, 0.2) is 36.7 Å².